The predicted molar refractivity (Wildman–Crippen MR) is 96.2 cm³/mol. The molecule has 3 heterocycles. The number of amides is 1. The van der Waals surface area contributed by atoms with E-state index in [1.807, 2.05) is 0 Å². The number of aromatic nitrogens is 2. The number of ether oxygens (including phenoxy) is 1. The van der Waals surface area contributed by atoms with Gasteiger partial charge in [-0.25, -0.2) is 9.37 Å². The minimum atomic E-state index is -0.365. The summed E-state index contributed by atoms with van der Waals surface area (Å²) in [6, 6.07) is 7.88. The summed E-state index contributed by atoms with van der Waals surface area (Å²) in [6.45, 7) is 0.444. The maximum Gasteiger partial charge on any atom is 0.268 e. The Hall–Kier alpha value is -3.42. The second kappa shape index (κ2) is 6.47. The number of pyridine rings is 1. The summed E-state index contributed by atoms with van der Waals surface area (Å²) in [5, 5.41) is 7.90. The topological polar surface area (TPSA) is 91.4 Å². The minimum Gasteiger partial charge on any atom is -0.481 e. The van der Waals surface area contributed by atoms with E-state index >= 15 is 0 Å². The van der Waals surface area contributed by atoms with E-state index in [-0.39, 0.29) is 11.7 Å². The van der Waals surface area contributed by atoms with Crippen molar-refractivity contribution >= 4 is 28.2 Å². The molecule has 7 nitrogen and oxygen atoms in total. The zero-order valence-corrected chi connectivity index (χ0v) is 14.0. The summed E-state index contributed by atoms with van der Waals surface area (Å²) in [5.41, 5.74) is 5.96. The van der Waals surface area contributed by atoms with Gasteiger partial charge in [0.15, 0.2) is 0 Å². The van der Waals surface area contributed by atoms with Crippen LogP contribution >= 0.6 is 0 Å². The lowest BCUT2D eigenvalue weighted by molar-refractivity contribution is 0.0952. The van der Waals surface area contributed by atoms with Crippen molar-refractivity contribution in [2.75, 3.05) is 19.1 Å². The molecule has 8 heteroatoms. The Bertz CT molecular complexity index is 1010. The highest BCUT2D eigenvalue weighted by molar-refractivity contribution is 6.19. The molecule has 2 aromatic heterocycles. The number of hydrogen-bond acceptors (Lipinski definition) is 5. The van der Waals surface area contributed by atoms with Crippen LogP contribution in [-0.2, 0) is 0 Å². The van der Waals surface area contributed by atoms with Gasteiger partial charge in [-0.3, -0.25) is 10.2 Å². The van der Waals surface area contributed by atoms with Crippen LogP contribution in [0.3, 0.4) is 0 Å². The van der Waals surface area contributed by atoms with Gasteiger partial charge in [0, 0.05) is 35.5 Å². The molecule has 3 N–H and O–H groups in total. The SMILES string of the molecule is COc1ccc(N/N=C2/CCNC(=O)c3[nH]c4ccc(F)cc4c32)cn1. The molecule has 26 heavy (non-hydrogen) atoms. The Balaban J connectivity index is 1.76. The molecule has 0 fully saturated rings. The molecular formula is C18H16FN5O2. The van der Waals surface area contributed by atoms with Gasteiger partial charge in [0.25, 0.3) is 5.91 Å². The number of hydrazone groups is 1. The number of methoxy groups -OCH3 is 1. The van der Waals surface area contributed by atoms with Crippen LogP contribution < -0.4 is 15.5 Å². The first-order chi connectivity index (χ1) is 12.7. The van der Waals surface area contributed by atoms with Gasteiger partial charge in [-0.05, 0) is 24.3 Å². The van der Waals surface area contributed by atoms with Gasteiger partial charge < -0.3 is 15.0 Å². The van der Waals surface area contributed by atoms with Crippen molar-refractivity contribution in [1.82, 2.24) is 15.3 Å². The van der Waals surface area contributed by atoms with Crippen molar-refractivity contribution in [1.29, 1.82) is 0 Å². The zero-order chi connectivity index (χ0) is 18.1. The molecule has 0 aliphatic carbocycles. The lowest BCUT2D eigenvalue weighted by Crippen LogP contribution is -2.23. The van der Waals surface area contributed by atoms with Gasteiger partial charge in [0.1, 0.15) is 11.5 Å². The fourth-order valence-corrected chi connectivity index (χ4v) is 2.95. The van der Waals surface area contributed by atoms with Crippen LogP contribution in [0.1, 0.15) is 22.5 Å². The van der Waals surface area contributed by atoms with E-state index in [2.05, 4.69) is 25.8 Å². The second-order valence-electron chi connectivity index (χ2n) is 5.83. The zero-order valence-electron chi connectivity index (χ0n) is 14.0. The van der Waals surface area contributed by atoms with Crippen molar-refractivity contribution in [3.8, 4) is 5.88 Å². The Morgan fingerprint density at radius 1 is 1.31 bits per heavy atom. The van der Waals surface area contributed by atoms with Gasteiger partial charge in [0.2, 0.25) is 5.88 Å². The number of nitrogens with one attached hydrogen (secondary N) is 3. The molecule has 0 bridgehead atoms. The van der Waals surface area contributed by atoms with E-state index in [1.54, 1.807) is 31.5 Å². The van der Waals surface area contributed by atoms with Crippen molar-refractivity contribution in [2.24, 2.45) is 5.10 Å². The first-order valence-corrected chi connectivity index (χ1v) is 8.08. The molecular weight excluding hydrogens is 337 g/mol. The van der Waals surface area contributed by atoms with Gasteiger partial charge in [-0.1, -0.05) is 0 Å². The molecule has 132 valence electrons. The number of rotatable bonds is 3. The number of fused-ring (bicyclic) bond motifs is 3. The Morgan fingerprint density at radius 2 is 2.19 bits per heavy atom. The number of anilines is 1. The first-order valence-electron chi connectivity index (χ1n) is 8.08. The van der Waals surface area contributed by atoms with E-state index in [0.29, 0.717) is 52.4 Å². The van der Waals surface area contributed by atoms with E-state index < -0.39 is 0 Å². The number of aromatic amines is 1. The molecule has 3 aromatic rings. The molecule has 0 saturated heterocycles. The number of nitrogens with zero attached hydrogens (tertiary/aromatic N) is 2. The molecule has 0 saturated carbocycles. The summed E-state index contributed by atoms with van der Waals surface area (Å²) in [4.78, 5) is 19.5. The van der Waals surface area contributed by atoms with Crippen molar-refractivity contribution in [2.45, 2.75) is 6.42 Å². The summed E-state index contributed by atoms with van der Waals surface area (Å²) < 4.78 is 18.8. The van der Waals surface area contributed by atoms with Crippen LogP contribution in [0.15, 0.2) is 41.6 Å². The molecule has 0 unspecified atom stereocenters. The summed E-state index contributed by atoms with van der Waals surface area (Å²) in [5.74, 6) is -0.0922. The Labute approximate surface area is 148 Å². The molecule has 0 radical (unpaired) electrons. The largest absolute Gasteiger partial charge is 0.481 e. The third-order valence-electron chi connectivity index (χ3n) is 4.19. The van der Waals surface area contributed by atoms with Crippen LogP contribution in [0.25, 0.3) is 10.9 Å². The highest BCUT2D eigenvalue weighted by Crippen LogP contribution is 2.27. The number of hydrogen-bond donors (Lipinski definition) is 3. The maximum absolute atomic E-state index is 13.7. The number of carbonyl (C=O) groups is 1. The number of halogens is 1. The van der Waals surface area contributed by atoms with Crippen LogP contribution in [-0.4, -0.2) is 35.2 Å². The van der Waals surface area contributed by atoms with Crippen LogP contribution in [0.5, 0.6) is 5.88 Å². The molecule has 1 aromatic carbocycles. The molecule has 1 aliphatic heterocycles. The summed E-state index contributed by atoms with van der Waals surface area (Å²) in [7, 11) is 1.54. The molecule has 1 aliphatic rings. The maximum atomic E-state index is 13.7. The van der Waals surface area contributed by atoms with Gasteiger partial charge in [-0.2, -0.15) is 5.10 Å². The predicted octanol–water partition coefficient (Wildman–Crippen LogP) is 2.66. The quantitative estimate of drug-likeness (QED) is 0.631. The third-order valence-corrected chi connectivity index (χ3v) is 4.19. The van der Waals surface area contributed by atoms with Crippen molar-refractivity contribution < 1.29 is 13.9 Å². The Kier molecular flexibility index (Phi) is 4.00. The fourth-order valence-electron chi connectivity index (χ4n) is 2.95. The Morgan fingerprint density at radius 3 is 2.96 bits per heavy atom. The van der Waals surface area contributed by atoms with Gasteiger partial charge in [-0.15, -0.1) is 0 Å². The first kappa shape index (κ1) is 16.1. The monoisotopic (exact) mass is 353 g/mol. The summed E-state index contributed by atoms with van der Waals surface area (Å²) >= 11 is 0. The third kappa shape index (κ3) is 2.85. The van der Waals surface area contributed by atoms with Gasteiger partial charge in [0.05, 0.1) is 24.7 Å². The molecule has 1 amide bonds. The summed E-state index contributed by atoms with van der Waals surface area (Å²) in [6.07, 6.45) is 2.11. The highest BCUT2D eigenvalue weighted by atomic mass is 19.1. The highest BCUT2D eigenvalue weighted by Gasteiger charge is 2.25. The smallest absolute Gasteiger partial charge is 0.268 e. The molecule has 0 atom stereocenters. The number of carbonyl (C=O) groups excluding carboxylic acids is 1. The van der Waals surface area contributed by atoms with Crippen molar-refractivity contribution in [3.63, 3.8) is 0 Å². The second-order valence-corrected chi connectivity index (χ2v) is 5.83. The normalized spacial score (nSPS) is 15.5. The van der Waals surface area contributed by atoms with E-state index in [1.165, 1.54) is 12.1 Å². The van der Waals surface area contributed by atoms with Gasteiger partial charge >= 0.3 is 0 Å². The molecule has 4 rings (SSSR count). The average molecular weight is 353 g/mol. The fraction of sp³-hybridized carbons (Fsp3) is 0.167. The van der Waals surface area contributed by atoms with Crippen LogP contribution in [0, 0.1) is 5.82 Å². The van der Waals surface area contributed by atoms with Crippen molar-refractivity contribution in [3.05, 3.63) is 53.6 Å². The molecule has 0 spiro atoms. The lowest BCUT2D eigenvalue weighted by Gasteiger charge is -2.06. The van der Waals surface area contributed by atoms with Crippen LogP contribution in [0.4, 0.5) is 10.1 Å². The van der Waals surface area contributed by atoms with Crippen LogP contribution in [0.2, 0.25) is 0 Å². The van der Waals surface area contributed by atoms with E-state index in [9.17, 15) is 9.18 Å². The lowest BCUT2D eigenvalue weighted by atomic mass is 10.0. The number of benzene rings is 1. The van der Waals surface area contributed by atoms with E-state index in [0.717, 1.165) is 0 Å². The average Bonchev–Trinajstić information content (AvgIpc) is 2.95. The number of H-pyrrole nitrogens is 1. The minimum absolute atomic E-state index is 0.229. The van der Waals surface area contributed by atoms with E-state index in [4.69, 9.17) is 4.74 Å². The standard InChI is InChI=1S/C18H16FN5O2/c1-26-15-5-3-11(9-21-15)23-24-14-6-7-20-18(25)17-16(14)12-8-10(19)2-4-13(12)22-17/h2-5,8-9,22-23H,6-7H2,1H3,(H,20,25)/b24-14-.